The highest BCUT2D eigenvalue weighted by atomic mass is 15.0. The van der Waals surface area contributed by atoms with E-state index in [9.17, 15) is 0 Å². The van der Waals surface area contributed by atoms with Gasteiger partial charge in [-0.2, -0.15) is 0 Å². The summed E-state index contributed by atoms with van der Waals surface area (Å²) in [6.45, 7) is 7.24. The highest BCUT2D eigenvalue weighted by Gasteiger charge is 2.30. The Morgan fingerprint density at radius 3 is 2.60 bits per heavy atom. The van der Waals surface area contributed by atoms with Crippen LogP contribution in [0.15, 0.2) is 0 Å². The lowest BCUT2D eigenvalue weighted by molar-refractivity contribution is 0.324. The zero-order valence-electron chi connectivity index (χ0n) is 10.3. The van der Waals surface area contributed by atoms with Crippen molar-refractivity contribution in [3.63, 3.8) is 0 Å². The second-order valence-corrected chi connectivity index (χ2v) is 5.56. The van der Waals surface area contributed by atoms with Crippen LogP contribution in [0.2, 0.25) is 0 Å². The normalized spacial score (nSPS) is 42.8. The molecule has 0 amide bonds. The number of hydrogen-bond acceptors (Lipinski definition) is 2. The molecule has 2 nitrogen and oxygen atoms in total. The maximum atomic E-state index is 3.90. The number of rotatable bonds is 2. The van der Waals surface area contributed by atoms with Gasteiger partial charge in [0, 0.05) is 12.1 Å². The third kappa shape index (κ3) is 2.94. The van der Waals surface area contributed by atoms with Crippen LogP contribution >= 0.6 is 0 Å². The molecule has 1 saturated carbocycles. The smallest absolute Gasteiger partial charge is 0.00979 e. The van der Waals surface area contributed by atoms with E-state index in [1.807, 2.05) is 0 Å². The minimum Gasteiger partial charge on any atom is -0.317 e. The lowest BCUT2D eigenvalue weighted by Gasteiger charge is -2.25. The van der Waals surface area contributed by atoms with Crippen molar-refractivity contribution in [2.24, 2.45) is 11.8 Å². The second-order valence-electron chi connectivity index (χ2n) is 5.56. The van der Waals surface area contributed by atoms with Crippen LogP contribution in [0.4, 0.5) is 0 Å². The molecule has 2 rings (SSSR count). The van der Waals surface area contributed by atoms with Crippen LogP contribution in [0.25, 0.3) is 0 Å². The molecule has 4 unspecified atom stereocenters. The van der Waals surface area contributed by atoms with Gasteiger partial charge in [-0.15, -0.1) is 0 Å². The van der Waals surface area contributed by atoms with Gasteiger partial charge in [-0.1, -0.05) is 13.8 Å². The molecule has 1 heterocycles. The second kappa shape index (κ2) is 5.31. The SMILES string of the molecule is CC1CCC(NC2CCCNCC2)C1C. The fourth-order valence-corrected chi connectivity index (χ4v) is 3.09. The summed E-state index contributed by atoms with van der Waals surface area (Å²) in [6, 6.07) is 1.57. The molecule has 0 aromatic heterocycles. The van der Waals surface area contributed by atoms with E-state index in [2.05, 4.69) is 24.5 Å². The third-order valence-corrected chi connectivity index (χ3v) is 4.49. The molecular weight excluding hydrogens is 184 g/mol. The van der Waals surface area contributed by atoms with Gasteiger partial charge in [-0.05, 0) is 57.0 Å². The van der Waals surface area contributed by atoms with Crippen LogP contribution in [0.1, 0.15) is 46.0 Å². The Morgan fingerprint density at radius 1 is 1.00 bits per heavy atom. The van der Waals surface area contributed by atoms with Gasteiger partial charge >= 0.3 is 0 Å². The van der Waals surface area contributed by atoms with Crippen molar-refractivity contribution in [3.05, 3.63) is 0 Å². The zero-order valence-corrected chi connectivity index (χ0v) is 10.3. The molecule has 2 heteroatoms. The molecule has 1 saturated heterocycles. The molecule has 0 spiro atoms. The average molecular weight is 210 g/mol. The van der Waals surface area contributed by atoms with E-state index in [1.165, 1.54) is 45.2 Å². The van der Waals surface area contributed by atoms with Crippen molar-refractivity contribution in [2.45, 2.75) is 58.0 Å². The van der Waals surface area contributed by atoms with Gasteiger partial charge in [0.05, 0.1) is 0 Å². The van der Waals surface area contributed by atoms with Gasteiger partial charge in [0.2, 0.25) is 0 Å². The van der Waals surface area contributed by atoms with Gasteiger partial charge in [-0.25, -0.2) is 0 Å². The van der Waals surface area contributed by atoms with E-state index in [4.69, 9.17) is 0 Å². The molecule has 0 radical (unpaired) electrons. The molecule has 2 fully saturated rings. The van der Waals surface area contributed by atoms with E-state index in [0.717, 1.165) is 23.9 Å². The molecular formula is C13H26N2. The highest BCUT2D eigenvalue weighted by molar-refractivity contribution is 4.87. The van der Waals surface area contributed by atoms with E-state index in [1.54, 1.807) is 0 Å². The Morgan fingerprint density at radius 2 is 1.87 bits per heavy atom. The first-order valence-electron chi connectivity index (χ1n) is 6.74. The molecule has 2 aliphatic rings. The topological polar surface area (TPSA) is 24.1 Å². The first kappa shape index (κ1) is 11.4. The van der Waals surface area contributed by atoms with Gasteiger partial charge in [0.25, 0.3) is 0 Å². The van der Waals surface area contributed by atoms with Gasteiger partial charge in [-0.3, -0.25) is 0 Å². The summed E-state index contributed by atoms with van der Waals surface area (Å²) >= 11 is 0. The largest absolute Gasteiger partial charge is 0.317 e. The average Bonchev–Trinajstić information content (AvgIpc) is 2.50. The van der Waals surface area contributed by atoms with Gasteiger partial charge in [0.1, 0.15) is 0 Å². The number of nitrogens with one attached hydrogen (secondary N) is 2. The Labute approximate surface area is 94.2 Å². The maximum absolute atomic E-state index is 3.90. The lowest BCUT2D eigenvalue weighted by atomic mass is 9.96. The lowest BCUT2D eigenvalue weighted by Crippen LogP contribution is -2.40. The van der Waals surface area contributed by atoms with Crippen LogP contribution in [0, 0.1) is 11.8 Å². The predicted molar refractivity (Wildman–Crippen MR) is 65.0 cm³/mol. The minimum absolute atomic E-state index is 0.776. The van der Waals surface area contributed by atoms with Crippen LogP contribution in [0.5, 0.6) is 0 Å². The molecule has 0 bridgehead atoms. The molecule has 4 atom stereocenters. The zero-order chi connectivity index (χ0) is 10.7. The number of hydrogen-bond donors (Lipinski definition) is 2. The summed E-state index contributed by atoms with van der Waals surface area (Å²) in [7, 11) is 0. The maximum Gasteiger partial charge on any atom is 0.00979 e. The summed E-state index contributed by atoms with van der Waals surface area (Å²) in [5.41, 5.74) is 0. The van der Waals surface area contributed by atoms with Crippen LogP contribution in [0.3, 0.4) is 0 Å². The van der Waals surface area contributed by atoms with E-state index in [0.29, 0.717) is 0 Å². The van der Waals surface area contributed by atoms with Crippen LogP contribution in [-0.4, -0.2) is 25.2 Å². The first-order valence-corrected chi connectivity index (χ1v) is 6.74. The molecule has 0 aromatic rings. The summed E-state index contributed by atoms with van der Waals surface area (Å²) in [5, 5.41) is 7.38. The summed E-state index contributed by atoms with van der Waals surface area (Å²) in [5.74, 6) is 1.80. The van der Waals surface area contributed by atoms with Crippen molar-refractivity contribution < 1.29 is 0 Å². The fraction of sp³-hybridized carbons (Fsp3) is 1.00. The first-order chi connectivity index (χ1) is 7.27. The molecule has 88 valence electrons. The van der Waals surface area contributed by atoms with E-state index >= 15 is 0 Å². The molecule has 1 aliphatic heterocycles. The fourth-order valence-electron chi connectivity index (χ4n) is 3.09. The molecule has 15 heavy (non-hydrogen) atoms. The third-order valence-electron chi connectivity index (χ3n) is 4.49. The molecule has 0 aromatic carbocycles. The van der Waals surface area contributed by atoms with Crippen molar-refractivity contribution >= 4 is 0 Å². The Hall–Kier alpha value is -0.0800. The summed E-state index contributed by atoms with van der Waals surface area (Å²) in [6.07, 6.45) is 6.84. The summed E-state index contributed by atoms with van der Waals surface area (Å²) in [4.78, 5) is 0. The van der Waals surface area contributed by atoms with Crippen molar-refractivity contribution in [2.75, 3.05) is 13.1 Å². The van der Waals surface area contributed by atoms with Crippen LogP contribution in [-0.2, 0) is 0 Å². The van der Waals surface area contributed by atoms with Gasteiger partial charge < -0.3 is 10.6 Å². The Balaban J connectivity index is 1.80. The quantitative estimate of drug-likeness (QED) is 0.730. The molecule has 1 aliphatic carbocycles. The van der Waals surface area contributed by atoms with Gasteiger partial charge in [0.15, 0.2) is 0 Å². The van der Waals surface area contributed by atoms with Crippen molar-refractivity contribution in [1.82, 2.24) is 10.6 Å². The van der Waals surface area contributed by atoms with Crippen molar-refractivity contribution in [3.8, 4) is 0 Å². The monoisotopic (exact) mass is 210 g/mol. The molecule has 2 N–H and O–H groups in total. The Kier molecular flexibility index (Phi) is 4.04. The highest BCUT2D eigenvalue weighted by Crippen LogP contribution is 2.31. The van der Waals surface area contributed by atoms with Crippen molar-refractivity contribution in [1.29, 1.82) is 0 Å². The standard InChI is InChI=1S/C13H26N2/c1-10-5-6-13(11(10)2)15-12-4-3-8-14-9-7-12/h10-15H,3-9H2,1-2H3. The van der Waals surface area contributed by atoms with E-state index < -0.39 is 0 Å². The summed E-state index contributed by atoms with van der Waals surface area (Å²) < 4.78 is 0. The minimum atomic E-state index is 0.776. The Bertz CT molecular complexity index is 185. The van der Waals surface area contributed by atoms with Crippen LogP contribution < -0.4 is 10.6 Å². The predicted octanol–water partition coefficient (Wildman–Crippen LogP) is 2.15. The van der Waals surface area contributed by atoms with E-state index in [-0.39, 0.29) is 0 Å².